The zero-order valence-corrected chi connectivity index (χ0v) is 7.84. The molecule has 0 radical (unpaired) electrons. The van der Waals surface area contributed by atoms with Crippen LogP contribution in [0.5, 0.6) is 0 Å². The molecule has 0 heterocycles. The van der Waals surface area contributed by atoms with Gasteiger partial charge >= 0.3 is 0 Å². The van der Waals surface area contributed by atoms with Crippen LogP contribution in [0.4, 0.5) is 0 Å². The molecule has 0 bridgehead atoms. The largest absolute Gasteiger partial charge is 0.387 e. The van der Waals surface area contributed by atoms with Crippen molar-refractivity contribution >= 4 is 17.1 Å². The second-order valence-electron chi connectivity index (χ2n) is 3.01. The second kappa shape index (κ2) is 3.94. The van der Waals surface area contributed by atoms with E-state index in [4.69, 9.17) is 18.0 Å². The molecule has 0 aromatic heterocycles. The molecular formula is C9H13NOS. The van der Waals surface area contributed by atoms with E-state index in [0.29, 0.717) is 0 Å². The van der Waals surface area contributed by atoms with Gasteiger partial charge in [-0.05, 0) is 18.6 Å². The molecule has 1 aliphatic rings. The number of nitrogens with two attached hydrogens (primary N) is 1. The Bertz CT molecular complexity index is 243. The number of thiocarbonyl (C=S) groups is 1. The second-order valence-corrected chi connectivity index (χ2v) is 3.54. The quantitative estimate of drug-likeness (QED) is 0.627. The molecule has 0 amide bonds. The van der Waals surface area contributed by atoms with Gasteiger partial charge in [-0.15, -0.1) is 0 Å². The number of hydrogen-bond donors (Lipinski definition) is 2. The van der Waals surface area contributed by atoms with Crippen LogP contribution in [0.3, 0.4) is 0 Å². The van der Waals surface area contributed by atoms with Crippen molar-refractivity contribution in [2.24, 2.45) is 5.73 Å². The Morgan fingerprint density at radius 1 is 1.58 bits per heavy atom. The van der Waals surface area contributed by atoms with E-state index in [0.717, 1.165) is 16.9 Å². The lowest BCUT2D eigenvalue weighted by atomic mass is 9.98. The Morgan fingerprint density at radius 3 is 2.67 bits per heavy atom. The van der Waals surface area contributed by atoms with Crippen LogP contribution < -0.4 is 5.73 Å². The number of rotatable bonds is 2. The highest BCUT2D eigenvalue weighted by Gasteiger charge is 2.14. The first kappa shape index (κ1) is 9.58. The van der Waals surface area contributed by atoms with E-state index in [1.807, 2.05) is 18.2 Å². The lowest BCUT2D eigenvalue weighted by Crippen LogP contribution is -2.32. The summed E-state index contributed by atoms with van der Waals surface area (Å²) in [6.45, 7) is 1.78. The summed E-state index contributed by atoms with van der Waals surface area (Å²) < 4.78 is 0. The fraction of sp³-hybridized carbons (Fsp3) is 0.444. The van der Waals surface area contributed by atoms with Crippen molar-refractivity contribution in [1.29, 1.82) is 0 Å². The Labute approximate surface area is 77.8 Å². The van der Waals surface area contributed by atoms with Crippen molar-refractivity contribution < 1.29 is 5.11 Å². The minimum absolute atomic E-state index is 0.229. The summed E-state index contributed by atoms with van der Waals surface area (Å²) in [5.41, 5.74) is 6.42. The molecule has 0 aliphatic heterocycles. The zero-order valence-electron chi connectivity index (χ0n) is 7.03. The first-order valence-electron chi connectivity index (χ1n) is 3.96. The van der Waals surface area contributed by atoms with E-state index in [-0.39, 0.29) is 6.04 Å². The maximum atomic E-state index is 9.55. The van der Waals surface area contributed by atoms with Crippen molar-refractivity contribution in [3.05, 3.63) is 23.8 Å². The Kier molecular flexibility index (Phi) is 3.14. The Morgan fingerprint density at radius 2 is 2.25 bits per heavy atom. The molecule has 3 N–H and O–H groups in total. The molecule has 0 saturated carbocycles. The molecule has 2 atom stereocenters. The van der Waals surface area contributed by atoms with Crippen LogP contribution in [0.15, 0.2) is 23.8 Å². The van der Waals surface area contributed by atoms with Gasteiger partial charge in [0.15, 0.2) is 0 Å². The minimum atomic E-state index is -0.565. The lowest BCUT2D eigenvalue weighted by Gasteiger charge is -2.17. The van der Waals surface area contributed by atoms with Gasteiger partial charge in [0.25, 0.3) is 0 Å². The number of allylic oxidation sites excluding steroid dienone is 2. The van der Waals surface area contributed by atoms with Crippen molar-refractivity contribution in [3.8, 4) is 0 Å². The van der Waals surface area contributed by atoms with E-state index >= 15 is 0 Å². The number of aliphatic hydroxyl groups excluding tert-OH is 1. The molecule has 0 saturated heterocycles. The van der Waals surface area contributed by atoms with Crippen LogP contribution in [-0.4, -0.2) is 22.1 Å². The maximum Gasteiger partial charge on any atom is 0.0935 e. The molecule has 0 spiro atoms. The molecule has 2 nitrogen and oxygen atoms in total. The standard InChI is InChI=1S/C9H13NOS/c1-6(10)9(11)7-2-4-8(12)5-3-7/h2-4,6,9,11H,5,10H2,1H3. The average molecular weight is 183 g/mol. The van der Waals surface area contributed by atoms with Crippen LogP contribution in [-0.2, 0) is 0 Å². The number of aliphatic hydroxyl groups is 1. The fourth-order valence-corrected chi connectivity index (χ4v) is 1.22. The SMILES string of the molecule is CC(N)C(O)C1=CCC(=S)C=C1. The van der Waals surface area contributed by atoms with Gasteiger partial charge in [-0.3, -0.25) is 0 Å². The molecule has 12 heavy (non-hydrogen) atoms. The smallest absolute Gasteiger partial charge is 0.0935 e. The highest BCUT2D eigenvalue weighted by atomic mass is 32.1. The van der Waals surface area contributed by atoms with Crippen molar-refractivity contribution in [3.63, 3.8) is 0 Å². The topological polar surface area (TPSA) is 46.2 Å². The van der Waals surface area contributed by atoms with Gasteiger partial charge in [-0.2, -0.15) is 0 Å². The molecule has 66 valence electrons. The Hall–Kier alpha value is -0.510. The number of hydrogen-bond acceptors (Lipinski definition) is 3. The summed E-state index contributed by atoms with van der Waals surface area (Å²) in [6, 6.07) is -0.229. The average Bonchev–Trinajstić information content (AvgIpc) is 2.04. The van der Waals surface area contributed by atoms with E-state index in [2.05, 4.69) is 0 Å². The third-order valence-corrected chi connectivity index (χ3v) is 2.14. The van der Waals surface area contributed by atoms with Crippen molar-refractivity contribution in [1.82, 2.24) is 0 Å². The molecule has 1 aliphatic carbocycles. The van der Waals surface area contributed by atoms with Gasteiger partial charge in [0.05, 0.1) is 6.10 Å². The first-order chi connectivity index (χ1) is 5.61. The van der Waals surface area contributed by atoms with Gasteiger partial charge in [0.1, 0.15) is 0 Å². The van der Waals surface area contributed by atoms with Crippen LogP contribution in [0.1, 0.15) is 13.3 Å². The van der Waals surface area contributed by atoms with Crippen molar-refractivity contribution in [2.45, 2.75) is 25.5 Å². The summed E-state index contributed by atoms with van der Waals surface area (Å²) in [4.78, 5) is 0.899. The van der Waals surface area contributed by atoms with E-state index in [1.54, 1.807) is 6.92 Å². The Balaban J connectivity index is 2.66. The molecule has 0 aromatic carbocycles. The third-order valence-electron chi connectivity index (χ3n) is 1.84. The summed E-state index contributed by atoms with van der Waals surface area (Å²) in [5.74, 6) is 0. The van der Waals surface area contributed by atoms with Crippen LogP contribution >= 0.6 is 12.2 Å². The van der Waals surface area contributed by atoms with Gasteiger partial charge in [0, 0.05) is 17.3 Å². The van der Waals surface area contributed by atoms with Crippen LogP contribution in [0.25, 0.3) is 0 Å². The molecule has 1 rings (SSSR count). The predicted molar refractivity (Wildman–Crippen MR) is 54.1 cm³/mol. The minimum Gasteiger partial charge on any atom is -0.387 e. The van der Waals surface area contributed by atoms with Crippen LogP contribution in [0, 0.1) is 0 Å². The molecule has 0 aromatic rings. The molecule has 3 heteroatoms. The van der Waals surface area contributed by atoms with Gasteiger partial charge in [0.2, 0.25) is 0 Å². The fourth-order valence-electron chi connectivity index (χ4n) is 1.07. The zero-order chi connectivity index (χ0) is 9.14. The maximum absolute atomic E-state index is 9.55. The van der Waals surface area contributed by atoms with Gasteiger partial charge in [-0.25, -0.2) is 0 Å². The van der Waals surface area contributed by atoms with Gasteiger partial charge < -0.3 is 10.8 Å². The summed E-state index contributed by atoms with van der Waals surface area (Å²) in [6.07, 6.45) is 5.78. The monoisotopic (exact) mass is 183 g/mol. The van der Waals surface area contributed by atoms with Crippen molar-refractivity contribution in [2.75, 3.05) is 0 Å². The molecule has 0 fully saturated rings. The highest BCUT2D eigenvalue weighted by Crippen LogP contribution is 2.13. The van der Waals surface area contributed by atoms with E-state index in [9.17, 15) is 5.11 Å². The summed E-state index contributed by atoms with van der Waals surface area (Å²) >= 11 is 4.97. The predicted octanol–water partition coefficient (Wildman–Crippen LogP) is 0.951. The molecular weight excluding hydrogens is 170 g/mol. The third kappa shape index (κ3) is 2.24. The van der Waals surface area contributed by atoms with E-state index in [1.165, 1.54) is 0 Å². The van der Waals surface area contributed by atoms with E-state index < -0.39 is 6.10 Å². The summed E-state index contributed by atoms with van der Waals surface area (Å²) in [5, 5.41) is 9.55. The first-order valence-corrected chi connectivity index (χ1v) is 4.36. The summed E-state index contributed by atoms with van der Waals surface area (Å²) in [7, 11) is 0. The molecule has 2 unspecified atom stereocenters. The normalized spacial score (nSPS) is 21.9. The van der Waals surface area contributed by atoms with Crippen LogP contribution in [0.2, 0.25) is 0 Å². The highest BCUT2D eigenvalue weighted by molar-refractivity contribution is 7.80. The van der Waals surface area contributed by atoms with Gasteiger partial charge in [-0.1, -0.05) is 24.4 Å². The lowest BCUT2D eigenvalue weighted by molar-refractivity contribution is 0.189.